The van der Waals surface area contributed by atoms with Gasteiger partial charge in [0, 0.05) is 7.11 Å². The molecule has 1 aromatic rings. The molecule has 126 valence electrons. The van der Waals surface area contributed by atoms with Crippen LogP contribution >= 0.6 is 0 Å². The van der Waals surface area contributed by atoms with Crippen molar-refractivity contribution in [3.63, 3.8) is 0 Å². The zero-order valence-electron chi connectivity index (χ0n) is 14.4. The second kappa shape index (κ2) is 5.49. The van der Waals surface area contributed by atoms with Crippen LogP contribution in [-0.2, 0) is 11.2 Å². The summed E-state index contributed by atoms with van der Waals surface area (Å²) >= 11 is 0. The topological polar surface area (TPSA) is 38.7 Å². The van der Waals surface area contributed by atoms with E-state index in [2.05, 4.69) is 25.1 Å². The van der Waals surface area contributed by atoms with E-state index in [0.29, 0.717) is 17.8 Å². The molecule has 0 radical (unpaired) electrons. The highest BCUT2D eigenvalue weighted by Gasteiger charge is 2.58. The van der Waals surface area contributed by atoms with Crippen LogP contribution in [0.25, 0.3) is 0 Å². The van der Waals surface area contributed by atoms with Gasteiger partial charge in [-0.15, -0.1) is 0 Å². The lowest BCUT2D eigenvalue weighted by Gasteiger charge is -2.49. The van der Waals surface area contributed by atoms with Crippen LogP contribution < -0.4 is 4.74 Å². The fourth-order valence-electron chi connectivity index (χ4n) is 5.87. The van der Waals surface area contributed by atoms with Crippen LogP contribution in [0.5, 0.6) is 5.75 Å². The molecule has 0 bridgehead atoms. The van der Waals surface area contributed by atoms with Gasteiger partial charge in [-0.25, -0.2) is 0 Å². The van der Waals surface area contributed by atoms with Crippen molar-refractivity contribution in [2.75, 3.05) is 14.2 Å². The van der Waals surface area contributed by atoms with Crippen molar-refractivity contribution in [3.8, 4) is 5.75 Å². The summed E-state index contributed by atoms with van der Waals surface area (Å²) in [6.45, 7) is 2.29. The van der Waals surface area contributed by atoms with Gasteiger partial charge in [-0.1, -0.05) is 13.0 Å². The van der Waals surface area contributed by atoms with E-state index >= 15 is 0 Å². The van der Waals surface area contributed by atoms with Gasteiger partial charge in [-0.05, 0) is 78.5 Å². The molecule has 3 heteroatoms. The van der Waals surface area contributed by atoms with Crippen LogP contribution in [0, 0.1) is 17.3 Å². The Balaban J connectivity index is 1.67. The summed E-state index contributed by atoms with van der Waals surface area (Å²) in [7, 11) is 3.48. The van der Waals surface area contributed by atoms with Crippen molar-refractivity contribution in [2.45, 2.75) is 57.2 Å². The van der Waals surface area contributed by atoms with Crippen LogP contribution in [-0.4, -0.2) is 31.5 Å². The number of ether oxygens (including phenoxy) is 2. The van der Waals surface area contributed by atoms with Crippen LogP contribution in [0.2, 0.25) is 0 Å². The van der Waals surface area contributed by atoms with Gasteiger partial charge in [-0.3, -0.25) is 0 Å². The number of aryl methyl sites for hydroxylation is 1. The van der Waals surface area contributed by atoms with Crippen LogP contribution in [0.15, 0.2) is 18.2 Å². The molecule has 1 N–H and O–H groups in total. The largest absolute Gasteiger partial charge is 0.497 e. The van der Waals surface area contributed by atoms with Crippen molar-refractivity contribution in [1.29, 1.82) is 0 Å². The van der Waals surface area contributed by atoms with Gasteiger partial charge in [0.15, 0.2) is 0 Å². The summed E-state index contributed by atoms with van der Waals surface area (Å²) in [6.07, 6.45) is 5.37. The monoisotopic (exact) mass is 316 g/mol. The molecule has 0 unspecified atom stereocenters. The minimum atomic E-state index is -0.310. The first-order valence-electron chi connectivity index (χ1n) is 8.96. The molecule has 0 aromatic heterocycles. The smallest absolute Gasteiger partial charge is 0.119 e. The van der Waals surface area contributed by atoms with Gasteiger partial charge in [0.05, 0.1) is 19.3 Å². The zero-order valence-corrected chi connectivity index (χ0v) is 14.4. The maximum absolute atomic E-state index is 10.8. The van der Waals surface area contributed by atoms with Crippen molar-refractivity contribution in [3.05, 3.63) is 29.3 Å². The summed E-state index contributed by atoms with van der Waals surface area (Å²) in [4.78, 5) is 0. The first-order chi connectivity index (χ1) is 11.1. The van der Waals surface area contributed by atoms with E-state index in [0.717, 1.165) is 25.0 Å². The van der Waals surface area contributed by atoms with Crippen molar-refractivity contribution < 1.29 is 14.6 Å². The molecule has 23 heavy (non-hydrogen) atoms. The summed E-state index contributed by atoms with van der Waals surface area (Å²) in [5.41, 5.74) is 3.03. The van der Waals surface area contributed by atoms with Crippen LogP contribution in [0.3, 0.4) is 0 Å². The Hall–Kier alpha value is -1.06. The molecule has 0 spiro atoms. The molecule has 3 aliphatic carbocycles. The van der Waals surface area contributed by atoms with Crippen LogP contribution in [0.1, 0.15) is 49.7 Å². The van der Waals surface area contributed by atoms with E-state index in [4.69, 9.17) is 9.47 Å². The lowest BCUT2D eigenvalue weighted by Crippen LogP contribution is -2.45. The van der Waals surface area contributed by atoms with Gasteiger partial charge in [0.25, 0.3) is 0 Å². The van der Waals surface area contributed by atoms with E-state index in [1.165, 1.54) is 24.0 Å². The average Bonchev–Trinajstić information content (AvgIpc) is 2.85. The predicted molar refractivity (Wildman–Crippen MR) is 89.8 cm³/mol. The standard InChI is InChI=1S/C20H28O3/c1-20-9-8-15-14-7-5-13(22-2)10-12(14)4-6-16(15)17(20)11-18(23-3)19(20)21/h5,7,10,15-19,21H,4,6,8-9,11H2,1-3H3/t15-,16+,17+,18+,19-,20-/m0/s1. The number of fused-ring (bicyclic) bond motifs is 5. The van der Waals surface area contributed by atoms with Gasteiger partial charge in [0.2, 0.25) is 0 Å². The number of aliphatic hydroxyl groups is 1. The summed E-state index contributed by atoms with van der Waals surface area (Å²) in [5, 5.41) is 10.8. The zero-order chi connectivity index (χ0) is 16.2. The van der Waals surface area contributed by atoms with E-state index in [1.54, 1.807) is 14.2 Å². The number of hydrogen-bond donors (Lipinski definition) is 1. The quantitative estimate of drug-likeness (QED) is 0.907. The highest BCUT2D eigenvalue weighted by Crippen LogP contribution is 2.61. The van der Waals surface area contributed by atoms with Crippen molar-refractivity contribution >= 4 is 0 Å². The second-order valence-corrected chi connectivity index (χ2v) is 7.98. The Labute approximate surface area is 139 Å². The molecule has 3 aliphatic rings. The summed E-state index contributed by atoms with van der Waals surface area (Å²) in [5.74, 6) is 2.88. The number of rotatable bonds is 2. The number of hydrogen-bond acceptors (Lipinski definition) is 3. The van der Waals surface area contributed by atoms with E-state index in [-0.39, 0.29) is 17.6 Å². The Morgan fingerprint density at radius 2 is 2.04 bits per heavy atom. The van der Waals surface area contributed by atoms with Crippen LogP contribution in [0.4, 0.5) is 0 Å². The number of benzene rings is 1. The molecule has 2 saturated carbocycles. The first kappa shape index (κ1) is 15.5. The van der Waals surface area contributed by atoms with E-state index in [9.17, 15) is 5.11 Å². The fraction of sp³-hybridized carbons (Fsp3) is 0.700. The molecule has 0 saturated heterocycles. The molecule has 2 fully saturated rings. The minimum Gasteiger partial charge on any atom is -0.497 e. The molecule has 6 atom stereocenters. The molecule has 4 rings (SSSR count). The summed E-state index contributed by atoms with van der Waals surface area (Å²) < 4.78 is 11.0. The molecule has 0 heterocycles. The first-order valence-corrected chi connectivity index (χ1v) is 8.96. The average molecular weight is 316 g/mol. The molecule has 0 amide bonds. The van der Waals surface area contributed by atoms with Crippen molar-refractivity contribution in [2.24, 2.45) is 17.3 Å². The lowest BCUT2D eigenvalue weighted by molar-refractivity contribution is -0.0607. The van der Waals surface area contributed by atoms with Gasteiger partial charge < -0.3 is 14.6 Å². The van der Waals surface area contributed by atoms with E-state index in [1.807, 2.05) is 0 Å². The Kier molecular flexibility index (Phi) is 3.69. The Morgan fingerprint density at radius 1 is 1.22 bits per heavy atom. The maximum atomic E-state index is 10.8. The SMILES string of the molecule is COc1ccc2c(c1)CC[C@H]1[C@H]3C[C@@H](OC)[C@H](O)[C@@]3(C)CC[C@@H]21. The van der Waals surface area contributed by atoms with E-state index < -0.39 is 0 Å². The molecular weight excluding hydrogens is 288 g/mol. The molecular formula is C20H28O3. The number of methoxy groups -OCH3 is 2. The Bertz CT molecular complexity index is 599. The Morgan fingerprint density at radius 3 is 2.78 bits per heavy atom. The fourth-order valence-corrected chi connectivity index (χ4v) is 5.87. The third kappa shape index (κ3) is 2.16. The van der Waals surface area contributed by atoms with Crippen molar-refractivity contribution in [1.82, 2.24) is 0 Å². The minimum absolute atomic E-state index is 0.0148. The normalized spacial score (nSPS) is 41.8. The number of aliphatic hydroxyl groups excluding tert-OH is 1. The lowest BCUT2D eigenvalue weighted by atomic mass is 9.55. The highest BCUT2D eigenvalue weighted by molar-refractivity contribution is 5.40. The molecule has 1 aromatic carbocycles. The summed E-state index contributed by atoms with van der Waals surface area (Å²) in [6, 6.07) is 6.62. The van der Waals surface area contributed by atoms with Gasteiger partial charge in [-0.2, -0.15) is 0 Å². The highest BCUT2D eigenvalue weighted by atomic mass is 16.5. The third-order valence-electron chi connectivity index (χ3n) is 7.19. The third-order valence-corrected chi connectivity index (χ3v) is 7.19. The maximum Gasteiger partial charge on any atom is 0.119 e. The van der Waals surface area contributed by atoms with Gasteiger partial charge in [0.1, 0.15) is 5.75 Å². The molecule has 3 nitrogen and oxygen atoms in total. The predicted octanol–water partition coefficient (Wildman–Crippen LogP) is 3.54. The second-order valence-electron chi connectivity index (χ2n) is 7.98. The molecule has 0 aliphatic heterocycles. The van der Waals surface area contributed by atoms with Gasteiger partial charge >= 0.3 is 0 Å².